The van der Waals surface area contributed by atoms with Crippen LogP contribution in [0.2, 0.25) is 0 Å². The number of fused-ring (bicyclic) bond motifs is 5. The van der Waals surface area contributed by atoms with Gasteiger partial charge < -0.3 is 9.30 Å². The molecule has 0 bridgehead atoms. The van der Waals surface area contributed by atoms with E-state index in [4.69, 9.17) is 4.74 Å². The van der Waals surface area contributed by atoms with Crippen LogP contribution >= 0.6 is 7.14 Å². The Labute approximate surface area is 125 Å². The van der Waals surface area contributed by atoms with Crippen molar-refractivity contribution < 1.29 is 9.30 Å². The predicted molar refractivity (Wildman–Crippen MR) is 88.4 cm³/mol. The smallest absolute Gasteiger partial charge is 0.119 e. The molecule has 1 saturated heterocycles. The number of rotatable bonds is 1. The molecule has 21 heavy (non-hydrogen) atoms. The molecule has 0 aromatic heterocycles. The van der Waals surface area contributed by atoms with Gasteiger partial charge in [-0.15, -0.1) is 0 Å². The van der Waals surface area contributed by atoms with E-state index in [1.807, 2.05) is 12.7 Å². The minimum Gasteiger partial charge on any atom is -0.497 e. The molecule has 110 valence electrons. The van der Waals surface area contributed by atoms with Crippen LogP contribution in [0.3, 0.4) is 0 Å². The van der Waals surface area contributed by atoms with E-state index in [2.05, 4.69) is 24.3 Å². The van der Waals surface area contributed by atoms with E-state index in [9.17, 15) is 4.57 Å². The molecule has 1 unspecified atom stereocenters. The van der Waals surface area contributed by atoms with Gasteiger partial charge in [0, 0.05) is 11.8 Å². The van der Waals surface area contributed by atoms with Crippen molar-refractivity contribution in [2.24, 2.45) is 0 Å². The third kappa shape index (κ3) is 1.96. The number of ether oxygens (including phenoxy) is 1. The Morgan fingerprint density at radius 1 is 1.19 bits per heavy atom. The fourth-order valence-electron chi connectivity index (χ4n) is 4.41. The topological polar surface area (TPSA) is 26.3 Å². The van der Waals surface area contributed by atoms with Gasteiger partial charge >= 0.3 is 0 Å². The summed E-state index contributed by atoms with van der Waals surface area (Å²) in [5.74, 6) is 1.44. The first-order valence-electron chi connectivity index (χ1n) is 7.76. The lowest BCUT2D eigenvalue weighted by molar-refractivity contribution is 0.415. The minimum absolute atomic E-state index is 0.431. The van der Waals surface area contributed by atoms with Gasteiger partial charge in [-0.25, -0.2) is 0 Å². The molecule has 3 atom stereocenters. The first-order valence-corrected chi connectivity index (χ1v) is 10.2. The van der Waals surface area contributed by atoms with Crippen LogP contribution in [0.15, 0.2) is 30.3 Å². The quantitative estimate of drug-likeness (QED) is 0.717. The summed E-state index contributed by atoms with van der Waals surface area (Å²) in [5, 5.41) is 2.61. The zero-order valence-corrected chi connectivity index (χ0v) is 13.5. The highest BCUT2D eigenvalue weighted by atomic mass is 31.2. The van der Waals surface area contributed by atoms with Crippen LogP contribution in [-0.2, 0) is 11.0 Å². The van der Waals surface area contributed by atoms with Crippen molar-refractivity contribution in [3.05, 3.63) is 41.5 Å². The van der Waals surface area contributed by atoms with E-state index < -0.39 is 7.14 Å². The Bertz CT molecular complexity index is 765. The summed E-state index contributed by atoms with van der Waals surface area (Å²) in [6, 6.07) is 10.8. The molecule has 0 amide bonds. The molecule has 0 spiro atoms. The standard InChI is InChI=1S/C18H21O2P/c1-20-13-4-6-14-12(11-13)3-5-16-15(14)7-8-18-17(16)9-10-21(18,2)19/h3-6,11,17-18H,7-10H2,1-2H3/t17?,18-,21-/m1/s1. The molecule has 3 heteroatoms. The van der Waals surface area contributed by atoms with Gasteiger partial charge in [-0.1, -0.05) is 18.2 Å². The van der Waals surface area contributed by atoms with E-state index >= 15 is 0 Å². The molecular weight excluding hydrogens is 279 g/mol. The Hall–Kier alpha value is -1.27. The molecule has 0 saturated carbocycles. The summed E-state index contributed by atoms with van der Waals surface area (Å²) in [6.07, 6.45) is 4.20. The molecule has 2 aromatic rings. The zero-order valence-electron chi connectivity index (χ0n) is 12.6. The summed E-state index contributed by atoms with van der Waals surface area (Å²) in [7, 11) is -0.214. The van der Waals surface area contributed by atoms with Gasteiger partial charge in [0.1, 0.15) is 5.75 Å². The molecule has 1 aliphatic heterocycles. The molecule has 4 rings (SSSR count). The lowest BCUT2D eigenvalue weighted by atomic mass is 9.79. The first-order chi connectivity index (χ1) is 10.1. The molecule has 1 aliphatic carbocycles. The highest BCUT2D eigenvalue weighted by molar-refractivity contribution is 7.64. The van der Waals surface area contributed by atoms with Crippen LogP contribution in [0.5, 0.6) is 5.75 Å². The second-order valence-electron chi connectivity index (χ2n) is 6.62. The van der Waals surface area contributed by atoms with Crippen molar-refractivity contribution in [2.45, 2.75) is 30.8 Å². The van der Waals surface area contributed by atoms with Crippen molar-refractivity contribution in [3.63, 3.8) is 0 Å². The molecule has 0 N–H and O–H groups in total. The van der Waals surface area contributed by atoms with Gasteiger partial charge in [0.15, 0.2) is 0 Å². The second-order valence-corrected chi connectivity index (χ2v) is 10.1. The molecular formula is C18H21O2P. The third-order valence-electron chi connectivity index (χ3n) is 5.51. The largest absolute Gasteiger partial charge is 0.497 e. The lowest BCUT2D eigenvalue weighted by Crippen LogP contribution is -2.20. The van der Waals surface area contributed by atoms with Gasteiger partial charge in [0.05, 0.1) is 14.3 Å². The van der Waals surface area contributed by atoms with Gasteiger partial charge in [0.25, 0.3) is 0 Å². The third-order valence-corrected chi connectivity index (χ3v) is 8.68. The molecule has 2 aromatic carbocycles. The SMILES string of the molecule is COc1ccc2c3c(ccc2c1)C1CC[P@@](C)(=O)[C@@H]1CC3. The first kappa shape index (κ1) is 13.4. The molecule has 1 fully saturated rings. The van der Waals surface area contributed by atoms with Crippen LogP contribution in [0.4, 0.5) is 0 Å². The second kappa shape index (κ2) is 4.61. The summed E-state index contributed by atoms with van der Waals surface area (Å²) >= 11 is 0. The van der Waals surface area contributed by atoms with Crippen LogP contribution in [-0.4, -0.2) is 25.6 Å². The van der Waals surface area contributed by atoms with Crippen molar-refractivity contribution in [2.75, 3.05) is 19.9 Å². The maximum absolute atomic E-state index is 12.7. The fourth-order valence-corrected chi connectivity index (χ4v) is 7.27. The monoisotopic (exact) mass is 300 g/mol. The Kier molecular flexibility index (Phi) is 2.94. The van der Waals surface area contributed by atoms with Gasteiger partial charge in [-0.05, 0) is 65.9 Å². The predicted octanol–water partition coefficient (Wildman–Crippen LogP) is 4.64. The van der Waals surface area contributed by atoms with Crippen LogP contribution in [0, 0.1) is 0 Å². The fraction of sp³-hybridized carbons (Fsp3) is 0.444. The maximum Gasteiger partial charge on any atom is 0.119 e. The summed E-state index contributed by atoms with van der Waals surface area (Å²) in [5.41, 5.74) is 3.38. The van der Waals surface area contributed by atoms with Gasteiger partial charge in [-0.2, -0.15) is 0 Å². The Morgan fingerprint density at radius 2 is 2.05 bits per heavy atom. The van der Waals surface area contributed by atoms with E-state index in [0.717, 1.165) is 31.2 Å². The minimum atomic E-state index is -1.92. The highest BCUT2D eigenvalue weighted by Gasteiger charge is 2.44. The Morgan fingerprint density at radius 3 is 2.86 bits per heavy atom. The van der Waals surface area contributed by atoms with Gasteiger partial charge in [0.2, 0.25) is 0 Å². The average molecular weight is 300 g/mol. The average Bonchev–Trinajstić information content (AvgIpc) is 2.82. The van der Waals surface area contributed by atoms with E-state index in [1.165, 1.54) is 21.9 Å². The number of hydrogen-bond acceptors (Lipinski definition) is 2. The van der Waals surface area contributed by atoms with Crippen molar-refractivity contribution >= 4 is 17.9 Å². The van der Waals surface area contributed by atoms with E-state index in [-0.39, 0.29) is 0 Å². The van der Waals surface area contributed by atoms with Crippen LogP contribution in [0.25, 0.3) is 10.8 Å². The Balaban J connectivity index is 1.87. The van der Waals surface area contributed by atoms with Crippen LogP contribution < -0.4 is 4.74 Å². The van der Waals surface area contributed by atoms with Crippen LogP contribution in [0.1, 0.15) is 29.9 Å². The van der Waals surface area contributed by atoms with Crippen molar-refractivity contribution in [1.82, 2.24) is 0 Å². The van der Waals surface area contributed by atoms with Crippen molar-refractivity contribution in [3.8, 4) is 5.75 Å². The summed E-state index contributed by atoms with van der Waals surface area (Å²) in [6.45, 7) is 2.02. The molecule has 2 nitrogen and oxygen atoms in total. The number of hydrogen-bond donors (Lipinski definition) is 0. The van der Waals surface area contributed by atoms with Crippen molar-refractivity contribution in [1.29, 1.82) is 0 Å². The molecule has 0 radical (unpaired) electrons. The summed E-state index contributed by atoms with van der Waals surface area (Å²) < 4.78 is 18.0. The summed E-state index contributed by atoms with van der Waals surface area (Å²) in [4.78, 5) is 0. The zero-order chi connectivity index (χ0) is 14.6. The normalized spacial score (nSPS) is 31.0. The van der Waals surface area contributed by atoms with Gasteiger partial charge in [-0.3, -0.25) is 0 Å². The number of aryl methyl sites for hydroxylation is 1. The molecule has 2 aliphatic rings. The van der Waals surface area contributed by atoms with E-state index in [1.54, 1.807) is 7.11 Å². The molecule has 1 heterocycles. The highest BCUT2D eigenvalue weighted by Crippen LogP contribution is 2.63. The lowest BCUT2D eigenvalue weighted by Gasteiger charge is -2.31. The number of benzene rings is 2. The maximum atomic E-state index is 12.7. The number of methoxy groups -OCH3 is 1. The van der Waals surface area contributed by atoms with E-state index in [0.29, 0.717) is 11.6 Å².